The van der Waals surface area contributed by atoms with E-state index in [1.165, 1.54) is 24.8 Å². The van der Waals surface area contributed by atoms with Gasteiger partial charge in [0.2, 0.25) is 0 Å². The average Bonchev–Trinajstić information content (AvgIpc) is 2.67. The Morgan fingerprint density at radius 3 is 2.67 bits per heavy atom. The van der Waals surface area contributed by atoms with Crippen molar-refractivity contribution in [3.8, 4) is 0 Å². The lowest BCUT2D eigenvalue weighted by atomic mass is 9.75. The molecule has 2 unspecified atom stereocenters. The Kier molecular flexibility index (Phi) is 4.34. The summed E-state index contributed by atoms with van der Waals surface area (Å²) in [4.78, 5) is 0. The van der Waals surface area contributed by atoms with Crippen LogP contribution in [-0.2, 0) is 0 Å². The standard InChI is InChI=1S/C16H24ClN/c1-4-18-15(12-8-5-6-10-14(12)17)13-9-7-11-16(13,2)3/h5-6,8,10,13,15,18H,4,7,9,11H2,1-3H3. The molecule has 1 nitrogen and oxygen atoms in total. The first-order valence-corrected chi connectivity index (χ1v) is 7.42. The number of nitrogens with one attached hydrogen (secondary N) is 1. The summed E-state index contributed by atoms with van der Waals surface area (Å²) in [5.41, 5.74) is 1.67. The molecule has 18 heavy (non-hydrogen) atoms. The molecule has 2 rings (SSSR count). The van der Waals surface area contributed by atoms with Crippen LogP contribution in [0.3, 0.4) is 0 Å². The molecular formula is C16H24ClN. The molecule has 0 aliphatic heterocycles. The second kappa shape index (κ2) is 5.63. The zero-order chi connectivity index (χ0) is 13.2. The van der Waals surface area contributed by atoms with Gasteiger partial charge in [-0.2, -0.15) is 0 Å². The first kappa shape index (κ1) is 13.9. The summed E-state index contributed by atoms with van der Waals surface area (Å²) in [6.45, 7) is 7.95. The third-order valence-corrected chi connectivity index (χ3v) is 4.75. The second-order valence-electron chi connectivity index (χ2n) is 6.04. The van der Waals surface area contributed by atoms with Crippen LogP contribution in [0.4, 0.5) is 0 Å². The van der Waals surface area contributed by atoms with Crippen molar-refractivity contribution < 1.29 is 0 Å². The second-order valence-corrected chi connectivity index (χ2v) is 6.45. The predicted molar refractivity (Wildman–Crippen MR) is 79.0 cm³/mol. The van der Waals surface area contributed by atoms with Gasteiger partial charge in [0.25, 0.3) is 0 Å². The first-order chi connectivity index (χ1) is 8.56. The Morgan fingerprint density at radius 1 is 1.39 bits per heavy atom. The van der Waals surface area contributed by atoms with Crippen LogP contribution in [0.5, 0.6) is 0 Å². The van der Waals surface area contributed by atoms with Gasteiger partial charge < -0.3 is 5.32 Å². The van der Waals surface area contributed by atoms with Gasteiger partial charge >= 0.3 is 0 Å². The number of halogens is 1. The Labute approximate surface area is 116 Å². The Bertz CT molecular complexity index is 400. The van der Waals surface area contributed by atoms with E-state index in [2.05, 4.69) is 38.2 Å². The van der Waals surface area contributed by atoms with Gasteiger partial charge in [0, 0.05) is 11.1 Å². The van der Waals surface area contributed by atoms with Crippen LogP contribution < -0.4 is 5.32 Å². The van der Waals surface area contributed by atoms with Crippen molar-refractivity contribution in [2.75, 3.05) is 6.54 Å². The summed E-state index contributed by atoms with van der Waals surface area (Å²) in [6.07, 6.45) is 3.96. The summed E-state index contributed by atoms with van der Waals surface area (Å²) in [5.74, 6) is 0.678. The van der Waals surface area contributed by atoms with E-state index in [4.69, 9.17) is 11.6 Å². The molecule has 2 atom stereocenters. The highest BCUT2D eigenvalue weighted by atomic mass is 35.5. The fourth-order valence-electron chi connectivity index (χ4n) is 3.39. The van der Waals surface area contributed by atoms with Crippen LogP contribution in [-0.4, -0.2) is 6.54 Å². The van der Waals surface area contributed by atoms with E-state index in [1.54, 1.807) is 0 Å². The molecule has 1 aliphatic carbocycles. The fraction of sp³-hybridized carbons (Fsp3) is 0.625. The summed E-state index contributed by atoms with van der Waals surface area (Å²) < 4.78 is 0. The van der Waals surface area contributed by atoms with E-state index in [-0.39, 0.29) is 0 Å². The molecule has 1 saturated carbocycles. The minimum absolute atomic E-state index is 0.390. The Balaban J connectivity index is 2.31. The molecule has 1 aliphatic rings. The zero-order valence-electron chi connectivity index (χ0n) is 11.7. The van der Waals surface area contributed by atoms with Crippen LogP contribution in [0.1, 0.15) is 51.6 Å². The van der Waals surface area contributed by atoms with Gasteiger partial charge in [-0.05, 0) is 42.3 Å². The molecule has 100 valence electrons. The maximum atomic E-state index is 6.39. The SMILES string of the molecule is CCNC(c1ccccc1Cl)C1CCCC1(C)C. The maximum absolute atomic E-state index is 6.39. The lowest BCUT2D eigenvalue weighted by molar-refractivity contribution is 0.199. The molecular weight excluding hydrogens is 242 g/mol. The monoisotopic (exact) mass is 265 g/mol. The normalized spacial score (nSPS) is 24.1. The quantitative estimate of drug-likeness (QED) is 0.823. The number of benzene rings is 1. The highest BCUT2D eigenvalue weighted by molar-refractivity contribution is 6.31. The number of hydrogen-bond donors (Lipinski definition) is 1. The molecule has 1 fully saturated rings. The third-order valence-electron chi connectivity index (χ3n) is 4.41. The van der Waals surface area contributed by atoms with Gasteiger partial charge in [0.15, 0.2) is 0 Å². The van der Waals surface area contributed by atoms with Crippen LogP contribution in [0.15, 0.2) is 24.3 Å². The minimum Gasteiger partial charge on any atom is -0.310 e. The lowest BCUT2D eigenvalue weighted by Crippen LogP contribution is -2.34. The first-order valence-electron chi connectivity index (χ1n) is 7.04. The molecule has 0 spiro atoms. The molecule has 1 N–H and O–H groups in total. The summed E-state index contributed by atoms with van der Waals surface area (Å²) >= 11 is 6.39. The molecule has 0 amide bonds. The van der Waals surface area contributed by atoms with Crippen molar-refractivity contribution in [3.63, 3.8) is 0 Å². The van der Waals surface area contributed by atoms with Crippen molar-refractivity contribution in [3.05, 3.63) is 34.9 Å². The largest absolute Gasteiger partial charge is 0.310 e. The number of rotatable bonds is 4. The molecule has 0 heterocycles. The Hall–Kier alpha value is -0.530. The van der Waals surface area contributed by atoms with E-state index in [0.29, 0.717) is 17.4 Å². The van der Waals surface area contributed by atoms with E-state index < -0.39 is 0 Å². The van der Waals surface area contributed by atoms with Gasteiger partial charge in [-0.25, -0.2) is 0 Å². The van der Waals surface area contributed by atoms with Crippen LogP contribution in [0, 0.1) is 11.3 Å². The summed E-state index contributed by atoms with van der Waals surface area (Å²) in [7, 11) is 0. The average molecular weight is 266 g/mol. The lowest BCUT2D eigenvalue weighted by Gasteiger charge is -2.35. The zero-order valence-corrected chi connectivity index (χ0v) is 12.4. The topological polar surface area (TPSA) is 12.0 Å². The molecule has 0 saturated heterocycles. The van der Waals surface area contributed by atoms with E-state index in [0.717, 1.165) is 11.6 Å². The molecule has 2 heteroatoms. The van der Waals surface area contributed by atoms with Crippen molar-refractivity contribution in [2.24, 2.45) is 11.3 Å². The van der Waals surface area contributed by atoms with Crippen LogP contribution >= 0.6 is 11.6 Å². The molecule has 0 radical (unpaired) electrons. The van der Waals surface area contributed by atoms with Gasteiger partial charge in [-0.15, -0.1) is 0 Å². The smallest absolute Gasteiger partial charge is 0.0453 e. The predicted octanol–water partition coefficient (Wildman–Crippen LogP) is 4.82. The molecule has 1 aromatic rings. The summed E-state index contributed by atoms with van der Waals surface area (Å²) in [6, 6.07) is 8.66. The Morgan fingerprint density at radius 2 is 2.11 bits per heavy atom. The molecule has 0 aromatic heterocycles. The van der Waals surface area contributed by atoms with Crippen molar-refractivity contribution in [1.82, 2.24) is 5.32 Å². The molecule has 0 bridgehead atoms. The summed E-state index contributed by atoms with van der Waals surface area (Å²) in [5, 5.41) is 4.55. The van der Waals surface area contributed by atoms with Crippen molar-refractivity contribution in [2.45, 2.75) is 46.1 Å². The third kappa shape index (κ3) is 2.73. The van der Waals surface area contributed by atoms with Crippen molar-refractivity contribution >= 4 is 11.6 Å². The van der Waals surface area contributed by atoms with Gasteiger partial charge in [0.05, 0.1) is 0 Å². The van der Waals surface area contributed by atoms with Crippen LogP contribution in [0.2, 0.25) is 5.02 Å². The number of hydrogen-bond acceptors (Lipinski definition) is 1. The van der Waals surface area contributed by atoms with Crippen LogP contribution in [0.25, 0.3) is 0 Å². The van der Waals surface area contributed by atoms with E-state index in [1.807, 2.05) is 12.1 Å². The highest BCUT2D eigenvalue weighted by Crippen LogP contribution is 2.49. The van der Waals surface area contributed by atoms with E-state index in [9.17, 15) is 0 Å². The fourth-order valence-corrected chi connectivity index (χ4v) is 3.64. The van der Waals surface area contributed by atoms with Gasteiger partial charge in [0.1, 0.15) is 0 Å². The van der Waals surface area contributed by atoms with Gasteiger partial charge in [-0.1, -0.05) is 57.0 Å². The highest BCUT2D eigenvalue weighted by Gasteiger charge is 2.40. The van der Waals surface area contributed by atoms with Crippen molar-refractivity contribution in [1.29, 1.82) is 0 Å². The van der Waals surface area contributed by atoms with E-state index >= 15 is 0 Å². The minimum atomic E-state index is 0.390. The van der Waals surface area contributed by atoms with Gasteiger partial charge in [-0.3, -0.25) is 0 Å². The maximum Gasteiger partial charge on any atom is 0.0453 e. The molecule has 1 aromatic carbocycles.